The summed E-state index contributed by atoms with van der Waals surface area (Å²) in [5.41, 5.74) is 5.31. The largest absolute Gasteiger partial charge is 0.507 e. The van der Waals surface area contributed by atoms with Crippen LogP contribution in [0.1, 0.15) is 51.0 Å². The maximum atomic E-state index is 13.0. The molecule has 0 spiro atoms. The molecule has 2 bridgehead atoms. The molecular formula is C35H35N3O7. The fourth-order valence-electron chi connectivity index (χ4n) is 7.94. The summed E-state index contributed by atoms with van der Waals surface area (Å²) < 4.78 is 23.3. The molecule has 4 heterocycles. The summed E-state index contributed by atoms with van der Waals surface area (Å²) in [4.78, 5) is 17.3. The van der Waals surface area contributed by atoms with Gasteiger partial charge in [-0.3, -0.25) is 9.80 Å². The van der Waals surface area contributed by atoms with Gasteiger partial charge in [-0.15, -0.1) is 0 Å². The van der Waals surface area contributed by atoms with Crippen molar-refractivity contribution in [1.29, 1.82) is 5.26 Å². The molecule has 2 N–H and O–H groups in total. The Labute approximate surface area is 261 Å². The molecule has 0 aromatic heterocycles. The number of phenols is 2. The molecule has 0 amide bonds. The van der Waals surface area contributed by atoms with Gasteiger partial charge in [0.05, 0.1) is 25.3 Å². The van der Waals surface area contributed by atoms with Crippen LogP contribution in [0.15, 0.2) is 42.5 Å². The molecule has 0 aliphatic carbocycles. The van der Waals surface area contributed by atoms with Gasteiger partial charge in [0.1, 0.15) is 18.4 Å². The summed E-state index contributed by atoms with van der Waals surface area (Å²) in [6, 6.07) is 11.9. The van der Waals surface area contributed by atoms with Gasteiger partial charge in [-0.2, -0.15) is 5.26 Å². The first kappa shape index (κ1) is 29.0. The molecule has 0 radical (unpaired) electrons. The lowest BCUT2D eigenvalue weighted by Gasteiger charge is -2.59. The molecule has 1 unspecified atom stereocenters. The molecule has 45 heavy (non-hydrogen) atoms. The number of fused-ring (bicyclic) bond motifs is 9. The van der Waals surface area contributed by atoms with Crippen molar-refractivity contribution < 1.29 is 34.0 Å². The first-order valence-electron chi connectivity index (χ1n) is 15.1. The number of benzene rings is 3. The minimum atomic E-state index is -0.630. The molecular weight excluding hydrogens is 574 g/mol. The number of rotatable bonds is 5. The summed E-state index contributed by atoms with van der Waals surface area (Å²) in [5.74, 6) is 1.03. The third-order valence-electron chi connectivity index (χ3n) is 9.89. The first-order chi connectivity index (χ1) is 21.7. The highest BCUT2D eigenvalue weighted by Gasteiger charge is 2.57. The van der Waals surface area contributed by atoms with Crippen LogP contribution < -0.4 is 14.2 Å². The number of nitrogens with zero attached hydrogens (tertiary/aromatic N) is 3. The van der Waals surface area contributed by atoms with Gasteiger partial charge in [-0.1, -0.05) is 36.4 Å². The number of carbonyl (C=O) groups excluding carboxylic acids is 1. The Balaban J connectivity index is 1.36. The van der Waals surface area contributed by atoms with E-state index in [4.69, 9.17) is 18.9 Å². The van der Waals surface area contributed by atoms with E-state index in [1.54, 1.807) is 20.1 Å². The minimum Gasteiger partial charge on any atom is -0.507 e. The Kier molecular flexibility index (Phi) is 7.10. The highest BCUT2D eigenvalue weighted by molar-refractivity contribution is 5.87. The smallest absolute Gasteiger partial charge is 0.330 e. The van der Waals surface area contributed by atoms with E-state index in [-0.39, 0.29) is 43.0 Å². The maximum absolute atomic E-state index is 13.0. The summed E-state index contributed by atoms with van der Waals surface area (Å²) >= 11 is 0. The Bertz CT molecular complexity index is 1770. The second-order valence-corrected chi connectivity index (χ2v) is 12.1. The van der Waals surface area contributed by atoms with Crippen molar-refractivity contribution in [2.75, 3.05) is 27.6 Å². The van der Waals surface area contributed by atoms with Crippen LogP contribution in [0, 0.1) is 25.2 Å². The monoisotopic (exact) mass is 609 g/mol. The van der Waals surface area contributed by atoms with E-state index in [2.05, 4.69) is 15.9 Å². The number of esters is 1. The number of likely N-dealkylation sites (N-methyl/N-ethyl adjacent to an activating group) is 1. The van der Waals surface area contributed by atoms with Crippen LogP contribution in [0.2, 0.25) is 0 Å². The van der Waals surface area contributed by atoms with Gasteiger partial charge < -0.3 is 29.2 Å². The zero-order valence-electron chi connectivity index (χ0n) is 25.6. The van der Waals surface area contributed by atoms with Gasteiger partial charge in [0.15, 0.2) is 23.0 Å². The predicted molar refractivity (Wildman–Crippen MR) is 164 cm³/mol. The van der Waals surface area contributed by atoms with Crippen LogP contribution in [-0.4, -0.2) is 71.7 Å². The molecule has 4 aliphatic heterocycles. The molecule has 10 nitrogen and oxygen atoms in total. The molecule has 1 fully saturated rings. The summed E-state index contributed by atoms with van der Waals surface area (Å²) in [5, 5.41) is 33.9. The van der Waals surface area contributed by atoms with E-state index in [0.29, 0.717) is 46.8 Å². The Morgan fingerprint density at radius 2 is 1.84 bits per heavy atom. The summed E-state index contributed by atoms with van der Waals surface area (Å²) in [6.45, 7) is 3.60. The molecule has 5 atom stereocenters. The number of methoxy groups -OCH3 is 1. The van der Waals surface area contributed by atoms with Gasteiger partial charge in [0, 0.05) is 40.4 Å². The number of hydrogen-bond donors (Lipinski definition) is 2. The summed E-state index contributed by atoms with van der Waals surface area (Å²) in [7, 11) is 3.52. The van der Waals surface area contributed by atoms with Crippen molar-refractivity contribution in [3.05, 3.63) is 81.4 Å². The van der Waals surface area contributed by atoms with Crippen molar-refractivity contribution in [2.45, 2.75) is 56.9 Å². The normalized spacial score (nSPS) is 24.8. The van der Waals surface area contributed by atoms with Crippen molar-refractivity contribution in [3.8, 4) is 34.8 Å². The van der Waals surface area contributed by atoms with Crippen molar-refractivity contribution in [2.24, 2.45) is 0 Å². The average Bonchev–Trinajstić information content (AvgIpc) is 3.53. The molecule has 232 valence electrons. The number of aryl methyl sites for hydroxylation is 1. The van der Waals surface area contributed by atoms with Crippen LogP contribution in [0.3, 0.4) is 0 Å². The molecule has 7 rings (SSSR count). The zero-order chi connectivity index (χ0) is 31.6. The third-order valence-corrected chi connectivity index (χ3v) is 9.89. The second kappa shape index (κ2) is 11.0. The van der Waals surface area contributed by atoms with Crippen LogP contribution in [0.25, 0.3) is 6.08 Å². The Morgan fingerprint density at radius 3 is 2.58 bits per heavy atom. The standard InChI is InChI=1S/C35H35N3O7/c1-18-12-21-13-23-25(15-36)38-24(30(37(23)3)28(21)32(41)33(18)42-4)14-22-29(35-34(44-17-45-35)19(2)31(22)40)26(38)16-43-27(39)11-10-20-8-6-5-7-9-20/h5-12,23-26,30,40-41H,13-14,16-17H2,1-4H3/t23-,24?,25-,26-,30-/m0/s1. The molecule has 3 aromatic carbocycles. The van der Waals surface area contributed by atoms with E-state index in [1.165, 1.54) is 6.08 Å². The molecule has 3 aromatic rings. The zero-order valence-corrected chi connectivity index (χ0v) is 25.6. The fourth-order valence-corrected chi connectivity index (χ4v) is 7.94. The van der Waals surface area contributed by atoms with Gasteiger partial charge in [-0.05, 0) is 56.5 Å². The van der Waals surface area contributed by atoms with Gasteiger partial charge in [0.2, 0.25) is 6.79 Å². The number of aromatic hydroxyl groups is 2. The van der Waals surface area contributed by atoms with Crippen molar-refractivity contribution >= 4 is 12.0 Å². The van der Waals surface area contributed by atoms with Crippen LogP contribution in [-0.2, 0) is 22.4 Å². The number of nitriles is 1. The number of piperazine rings is 1. The predicted octanol–water partition coefficient (Wildman–Crippen LogP) is 4.48. The number of carbonyl (C=O) groups is 1. The van der Waals surface area contributed by atoms with E-state index >= 15 is 0 Å². The highest BCUT2D eigenvalue weighted by atomic mass is 16.7. The fraction of sp³-hybridized carbons (Fsp3) is 0.371. The van der Waals surface area contributed by atoms with Crippen molar-refractivity contribution in [3.63, 3.8) is 0 Å². The van der Waals surface area contributed by atoms with Gasteiger partial charge in [0.25, 0.3) is 0 Å². The molecule has 1 saturated heterocycles. The Morgan fingerprint density at radius 1 is 1.09 bits per heavy atom. The van der Waals surface area contributed by atoms with Crippen LogP contribution in [0.4, 0.5) is 0 Å². The topological polar surface area (TPSA) is 125 Å². The minimum absolute atomic E-state index is 0.00211. The molecule has 4 aliphatic rings. The molecule has 0 saturated carbocycles. The number of phenolic OH excluding ortho intramolecular Hbond substituents is 2. The van der Waals surface area contributed by atoms with Crippen LogP contribution >= 0.6 is 0 Å². The van der Waals surface area contributed by atoms with Crippen molar-refractivity contribution in [1.82, 2.24) is 9.80 Å². The highest BCUT2D eigenvalue weighted by Crippen LogP contribution is 2.58. The number of ether oxygens (including phenoxy) is 4. The SMILES string of the molecule is COc1c(C)cc2c(c1O)[C@@H]1C3Cc4c(O)c(C)c5c(c4[C@H](COC(=O)C=Cc4ccccc4)N3[C@@H](C#N)[C@H](C2)N1C)OCO5. The maximum Gasteiger partial charge on any atom is 0.330 e. The first-order valence-corrected chi connectivity index (χ1v) is 15.1. The average molecular weight is 610 g/mol. The van der Waals surface area contributed by atoms with Gasteiger partial charge >= 0.3 is 5.97 Å². The van der Waals surface area contributed by atoms with E-state index < -0.39 is 18.1 Å². The lowest BCUT2D eigenvalue weighted by molar-refractivity contribution is -0.143. The van der Waals surface area contributed by atoms with E-state index in [0.717, 1.165) is 22.3 Å². The summed E-state index contributed by atoms with van der Waals surface area (Å²) in [6.07, 6.45) is 3.98. The third kappa shape index (κ3) is 4.41. The van der Waals surface area contributed by atoms with Gasteiger partial charge in [-0.25, -0.2) is 4.79 Å². The van der Waals surface area contributed by atoms with E-state index in [1.807, 2.05) is 50.4 Å². The Hall–Kier alpha value is -4.72. The number of hydrogen-bond acceptors (Lipinski definition) is 10. The second-order valence-electron chi connectivity index (χ2n) is 12.1. The quantitative estimate of drug-likeness (QED) is 0.316. The molecule has 10 heteroatoms. The lowest BCUT2D eigenvalue weighted by Crippen LogP contribution is -2.68. The van der Waals surface area contributed by atoms with Crippen LogP contribution in [0.5, 0.6) is 28.7 Å². The van der Waals surface area contributed by atoms with E-state index in [9.17, 15) is 20.3 Å². The lowest BCUT2D eigenvalue weighted by atomic mass is 9.71.